The highest BCUT2D eigenvalue weighted by molar-refractivity contribution is 6.17. The molecule has 0 unspecified atom stereocenters. The predicted molar refractivity (Wildman–Crippen MR) is 119 cm³/mol. The normalized spacial score (nSPS) is 10.8. The van der Waals surface area contributed by atoms with Crippen LogP contribution in [0, 0.1) is 0 Å². The number of aryl methyl sites for hydroxylation is 1. The summed E-state index contributed by atoms with van der Waals surface area (Å²) >= 11 is 0. The van der Waals surface area contributed by atoms with Crippen LogP contribution in [0.3, 0.4) is 0 Å². The summed E-state index contributed by atoms with van der Waals surface area (Å²) < 4.78 is 5.34. The van der Waals surface area contributed by atoms with Crippen molar-refractivity contribution in [1.29, 1.82) is 0 Å². The second kappa shape index (κ2) is 9.30. The highest BCUT2D eigenvalue weighted by Gasteiger charge is 2.20. The van der Waals surface area contributed by atoms with Crippen molar-refractivity contribution in [3.05, 3.63) is 101 Å². The number of hydrogen-bond acceptors (Lipinski definition) is 4. The first kappa shape index (κ1) is 20.4. The molecule has 0 atom stereocenters. The number of benzene rings is 3. The topological polar surface area (TPSA) is 79.4 Å². The molecule has 0 saturated carbocycles. The van der Waals surface area contributed by atoms with E-state index in [1.807, 2.05) is 54.6 Å². The zero-order valence-electron chi connectivity index (χ0n) is 17.0. The molecule has 0 aliphatic rings. The predicted octanol–water partition coefficient (Wildman–Crippen LogP) is 5.17. The maximum absolute atomic E-state index is 13.2. The lowest BCUT2D eigenvalue weighted by Crippen LogP contribution is -2.07. The maximum atomic E-state index is 13.2. The molecule has 2 N–H and O–H groups in total. The molecule has 3 aromatic carbocycles. The second-order valence-electron chi connectivity index (χ2n) is 7.40. The minimum atomic E-state index is -0.258. The molecule has 31 heavy (non-hydrogen) atoms. The van der Waals surface area contributed by atoms with Crippen LogP contribution in [0.2, 0.25) is 0 Å². The van der Waals surface area contributed by atoms with E-state index in [-0.39, 0.29) is 30.5 Å². The fraction of sp³-hybridized carbons (Fsp3) is 0.154. The van der Waals surface area contributed by atoms with Crippen LogP contribution < -0.4 is 0 Å². The molecule has 0 aliphatic carbocycles. The first-order valence-electron chi connectivity index (χ1n) is 10.2. The van der Waals surface area contributed by atoms with E-state index in [1.165, 1.54) is 12.1 Å². The molecule has 1 aromatic heterocycles. The van der Waals surface area contributed by atoms with Gasteiger partial charge in [0.15, 0.2) is 5.78 Å². The summed E-state index contributed by atoms with van der Waals surface area (Å²) in [6.07, 6.45) is 1.39. The number of phenols is 1. The van der Waals surface area contributed by atoms with Gasteiger partial charge in [0.05, 0.1) is 5.56 Å². The van der Waals surface area contributed by atoms with Gasteiger partial charge in [0, 0.05) is 28.6 Å². The summed E-state index contributed by atoms with van der Waals surface area (Å²) in [6, 6.07) is 23.5. The molecule has 0 radical (unpaired) electrons. The summed E-state index contributed by atoms with van der Waals surface area (Å²) in [4.78, 5) is 28.7. The van der Waals surface area contributed by atoms with Gasteiger partial charge in [-0.05, 0) is 48.7 Å². The van der Waals surface area contributed by atoms with E-state index in [0.29, 0.717) is 24.0 Å². The van der Waals surface area contributed by atoms with Gasteiger partial charge in [0.1, 0.15) is 12.4 Å². The van der Waals surface area contributed by atoms with Crippen LogP contribution in [0.15, 0.2) is 78.9 Å². The molecule has 5 nitrogen and oxygen atoms in total. The number of carbonyl (C=O) groups excluding carboxylic acids is 2. The highest BCUT2D eigenvalue weighted by atomic mass is 16.5. The van der Waals surface area contributed by atoms with Crippen molar-refractivity contribution < 1.29 is 19.4 Å². The molecular formula is C26H23NO4. The number of nitrogens with one attached hydrogen (secondary N) is 1. The lowest BCUT2D eigenvalue weighted by molar-refractivity contribution is -0.145. The summed E-state index contributed by atoms with van der Waals surface area (Å²) in [6.45, 7) is 0.261. The van der Waals surface area contributed by atoms with E-state index in [4.69, 9.17) is 4.74 Å². The third-order valence-corrected chi connectivity index (χ3v) is 5.19. The molecule has 0 saturated heterocycles. The number of para-hydroxylation sites is 1. The Bertz CT molecular complexity index is 1190. The zero-order valence-corrected chi connectivity index (χ0v) is 17.0. The summed E-state index contributed by atoms with van der Waals surface area (Å²) in [5, 5.41) is 10.4. The maximum Gasteiger partial charge on any atom is 0.306 e. The molecule has 0 fully saturated rings. The Balaban J connectivity index is 1.46. The molecule has 156 valence electrons. The number of carbonyl (C=O) groups is 2. The number of aromatic amines is 1. The Labute approximate surface area is 180 Å². The number of aromatic nitrogens is 1. The van der Waals surface area contributed by atoms with E-state index in [9.17, 15) is 14.7 Å². The van der Waals surface area contributed by atoms with Gasteiger partial charge in [0.2, 0.25) is 0 Å². The molecule has 0 bridgehead atoms. The summed E-state index contributed by atoms with van der Waals surface area (Å²) in [7, 11) is 0. The Morgan fingerprint density at radius 3 is 2.35 bits per heavy atom. The van der Waals surface area contributed by atoms with Crippen LogP contribution in [0.4, 0.5) is 0 Å². The van der Waals surface area contributed by atoms with Gasteiger partial charge in [-0.3, -0.25) is 9.59 Å². The number of ether oxygens (including phenoxy) is 1. The number of rotatable bonds is 8. The van der Waals surface area contributed by atoms with Gasteiger partial charge in [-0.25, -0.2) is 0 Å². The van der Waals surface area contributed by atoms with Gasteiger partial charge in [0.25, 0.3) is 0 Å². The van der Waals surface area contributed by atoms with Gasteiger partial charge >= 0.3 is 5.97 Å². The summed E-state index contributed by atoms with van der Waals surface area (Å²) in [5.74, 6) is -0.254. The lowest BCUT2D eigenvalue weighted by Gasteiger charge is -2.07. The molecule has 4 aromatic rings. The standard InChI is InChI=1S/C26H23NO4/c28-20-15-13-19(14-16-20)26(30)25-21-9-4-5-10-22(21)27-23(25)11-6-12-24(29)31-17-18-7-2-1-3-8-18/h1-5,7-10,13-16,27-28H,6,11-12,17H2. The number of fused-ring (bicyclic) bond motifs is 1. The average molecular weight is 413 g/mol. The van der Waals surface area contributed by atoms with Crippen LogP contribution >= 0.6 is 0 Å². The fourth-order valence-corrected chi connectivity index (χ4v) is 3.62. The van der Waals surface area contributed by atoms with Crippen molar-refractivity contribution in [2.75, 3.05) is 0 Å². The molecule has 0 amide bonds. The molecule has 1 heterocycles. The first-order valence-corrected chi connectivity index (χ1v) is 10.2. The minimum Gasteiger partial charge on any atom is -0.508 e. The van der Waals surface area contributed by atoms with Crippen LogP contribution in [0.5, 0.6) is 5.75 Å². The van der Waals surface area contributed by atoms with E-state index in [0.717, 1.165) is 22.2 Å². The van der Waals surface area contributed by atoms with E-state index < -0.39 is 0 Å². The number of hydrogen-bond donors (Lipinski definition) is 2. The van der Waals surface area contributed by atoms with Gasteiger partial charge < -0.3 is 14.8 Å². The van der Waals surface area contributed by atoms with Crippen LogP contribution in [0.25, 0.3) is 10.9 Å². The third-order valence-electron chi connectivity index (χ3n) is 5.19. The van der Waals surface area contributed by atoms with E-state index in [2.05, 4.69) is 4.98 Å². The number of ketones is 1. The van der Waals surface area contributed by atoms with Crippen molar-refractivity contribution in [3.8, 4) is 5.75 Å². The van der Waals surface area contributed by atoms with Gasteiger partial charge in [-0.1, -0.05) is 48.5 Å². The smallest absolute Gasteiger partial charge is 0.306 e. The Morgan fingerprint density at radius 2 is 1.58 bits per heavy atom. The zero-order chi connectivity index (χ0) is 21.6. The molecule has 5 heteroatoms. The van der Waals surface area contributed by atoms with Crippen molar-refractivity contribution in [1.82, 2.24) is 4.98 Å². The van der Waals surface area contributed by atoms with Crippen LogP contribution in [-0.4, -0.2) is 21.8 Å². The second-order valence-corrected chi connectivity index (χ2v) is 7.40. The number of aromatic hydroxyl groups is 1. The van der Waals surface area contributed by atoms with Gasteiger partial charge in [-0.2, -0.15) is 0 Å². The van der Waals surface area contributed by atoms with Crippen molar-refractivity contribution in [2.24, 2.45) is 0 Å². The quantitative estimate of drug-likeness (QED) is 0.308. The number of H-pyrrole nitrogens is 1. The first-order chi connectivity index (χ1) is 15.1. The SMILES string of the molecule is O=C(CCCc1[nH]c2ccccc2c1C(=O)c1ccc(O)cc1)OCc1ccccc1. The Hall–Kier alpha value is -3.86. The summed E-state index contributed by atoms with van der Waals surface area (Å²) in [5.41, 5.74) is 3.75. The molecule has 4 rings (SSSR count). The average Bonchev–Trinajstić information content (AvgIpc) is 3.16. The Morgan fingerprint density at radius 1 is 0.871 bits per heavy atom. The van der Waals surface area contributed by atoms with Crippen LogP contribution in [0.1, 0.15) is 40.0 Å². The lowest BCUT2D eigenvalue weighted by atomic mass is 9.98. The highest BCUT2D eigenvalue weighted by Crippen LogP contribution is 2.27. The van der Waals surface area contributed by atoms with Crippen LogP contribution in [-0.2, 0) is 22.6 Å². The Kier molecular flexibility index (Phi) is 6.13. The monoisotopic (exact) mass is 413 g/mol. The molecule has 0 aliphatic heterocycles. The minimum absolute atomic E-state index is 0.112. The third kappa shape index (κ3) is 4.83. The fourth-order valence-electron chi connectivity index (χ4n) is 3.62. The van der Waals surface area contributed by atoms with Crippen molar-refractivity contribution >= 4 is 22.7 Å². The number of esters is 1. The van der Waals surface area contributed by atoms with E-state index in [1.54, 1.807) is 12.1 Å². The van der Waals surface area contributed by atoms with Crippen molar-refractivity contribution in [2.45, 2.75) is 25.9 Å². The molecule has 0 spiro atoms. The van der Waals surface area contributed by atoms with Crippen molar-refractivity contribution in [3.63, 3.8) is 0 Å². The van der Waals surface area contributed by atoms with E-state index >= 15 is 0 Å². The van der Waals surface area contributed by atoms with Gasteiger partial charge in [-0.15, -0.1) is 0 Å². The molecular weight excluding hydrogens is 390 g/mol. The largest absolute Gasteiger partial charge is 0.508 e. The number of phenolic OH excluding ortho intramolecular Hbond substituents is 1.